The van der Waals surface area contributed by atoms with Gasteiger partial charge in [-0.2, -0.15) is 0 Å². The van der Waals surface area contributed by atoms with Crippen LogP contribution in [0.1, 0.15) is 28.4 Å². The van der Waals surface area contributed by atoms with E-state index in [-0.39, 0.29) is 13.2 Å². The third-order valence-corrected chi connectivity index (χ3v) is 3.82. The molecule has 148 valence electrons. The van der Waals surface area contributed by atoms with Crippen LogP contribution in [0.15, 0.2) is 42.5 Å². The molecule has 0 atom stereocenters. The van der Waals surface area contributed by atoms with E-state index in [2.05, 4.69) is 0 Å². The van der Waals surface area contributed by atoms with E-state index in [1.807, 2.05) is 19.9 Å². The predicted octanol–water partition coefficient (Wildman–Crippen LogP) is 3.20. The van der Waals surface area contributed by atoms with Crippen molar-refractivity contribution in [2.75, 3.05) is 24.7 Å². The zero-order chi connectivity index (χ0) is 20.7. The lowest BCUT2D eigenvalue weighted by Gasteiger charge is -2.21. The van der Waals surface area contributed by atoms with E-state index in [0.717, 1.165) is 16.0 Å². The van der Waals surface area contributed by atoms with Gasteiger partial charge in [-0.15, -0.1) is 0 Å². The van der Waals surface area contributed by atoms with Gasteiger partial charge in [-0.25, -0.2) is 9.18 Å². The summed E-state index contributed by atoms with van der Waals surface area (Å²) in [5.74, 6) is -2.37. The van der Waals surface area contributed by atoms with E-state index in [1.54, 1.807) is 19.1 Å². The van der Waals surface area contributed by atoms with Crippen LogP contribution in [0.2, 0.25) is 0 Å². The van der Waals surface area contributed by atoms with Crippen molar-refractivity contribution < 1.29 is 28.2 Å². The summed E-state index contributed by atoms with van der Waals surface area (Å²) in [7, 11) is 0. The molecule has 2 aromatic carbocycles. The number of hydrogen-bond acceptors (Lipinski definition) is 5. The van der Waals surface area contributed by atoms with Crippen LogP contribution in [0, 0.1) is 19.7 Å². The number of carbonyl (C=O) groups is 3. The van der Waals surface area contributed by atoms with Crippen LogP contribution in [0.5, 0.6) is 0 Å². The number of nitrogens with zero attached hydrogens (tertiary/aromatic N) is 1. The van der Waals surface area contributed by atoms with Crippen molar-refractivity contribution in [2.45, 2.75) is 20.8 Å². The van der Waals surface area contributed by atoms with E-state index >= 15 is 0 Å². The highest BCUT2D eigenvalue weighted by Gasteiger charge is 2.22. The van der Waals surface area contributed by atoms with E-state index in [0.29, 0.717) is 11.3 Å². The molecular formula is C21H22FNO5. The molecule has 2 rings (SSSR count). The maximum Gasteiger partial charge on any atom is 0.338 e. The van der Waals surface area contributed by atoms with Gasteiger partial charge in [0.05, 0.1) is 12.2 Å². The summed E-state index contributed by atoms with van der Waals surface area (Å²) in [6, 6.07) is 10.3. The van der Waals surface area contributed by atoms with Crippen LogP contribution in [0.4, 0.5) is 10.1 Å². The summed E-state index contributed by atoms with van der Waals surface area (Å²) in [6.07, 6.45) is 0. The fourth-order valence-corrected chi connectivity index (χ4v) is 2.66. The van der Waals surface area contributed by atoms with Gasteiger partial charge >= 0.3 is 11.9 Å². The Morgan fingerprint density at radius 2 is 1.57 bits per heavy atom. The second kappa shape index (κ2) is 9.64. The number of anilines is 1. The third kappa shape index (κ3) is 5.90. The lowest BCUT2D eigenvalue weighted by molar-refractivity contribution is -0.142. The Morgan fingerprint density at radius 1 is 0.964 bits per heavy atom. The van der Waals surface area contributed by atoms with Crippen molar-refractivity contribution in [3.63, 3.8) is 0 Å². The maximum absolute atomic E-state index is 13.2. The smallest absolute Gasteiger partial charge is 0.338 e. The summed E-state index contributed by atoms with van der Waals surface area (Å²) in [5.41, 5.74) is 2.42. The normalized spacial score (nSPS) is 10.3. The number of amides is 1. The molecule has 0 radical (unpaired) electrons. The Labute approximate surface area is 162 Å². The first-order valence-electron chi connectivity index (χ1n) is 8.77. The fourth-order valence-electron chi connectivity index (χ4n) is 2.66. The minimum absolute atomic E-state index is 0.159. The quantitative estimate of drug-likeness (QED) is 0.682. The van der Waals surface area contributed by atoms with Crippen LogP contribution >= 0.6 is 0 Å². The zero-order valence-electron chi connectivity index (χ0n) is 16.0. The van der Waals surface area contributed by atoms with Crippen LogP contribution in [0.25, 0.3) is 0 Å². The summed E-state index contributed by atoms with van der Waals surface area (Å²) >= 11 is 0. The predicted molar refractivity (Wildman–Crippen MR) is 102 cm³/mol. The second-order valence-corrected chi connectivity index (χ2v) is 6.21. The van der Waals surface area contributed by atoms with Crippen LogP contribution in [-0.2, 0) is 19.1 Å². The van der Waals surface area contributed by atoms with Crippen molar-refractivity contribution in [2.24, 2.45) is 0 Å². The molecule has 6 nitrogen and oxygen atoms in total. The van der Waals surface area contributed by atoms with E-state index < -0.39 is 30.3 Å². The number of aryl methyl sites for hydroxylation is 2. The van der Waals surface area contributed by atoms with E-state index in [1.165, 1.54) is 24.3 Å². The standard InChI is InChI=1S/C21H22FNO5/c1-4-27-20(25)12-23(18-7-5-17(22)6-8-18)19(24)13-28-21(26)16-10-14(2)9-15(3)11-16/h5-11H,4,12-13H2,1-3H3. The molecule has 0 unspecified atom stereocenters. The average Bonchev–Trinajstić information content (AvgIpc) is 2.64. The van der Waals surface area contributed by atoms with Crippen molar-refractivity contribution >= 4 is 23.5 Å². The van der Waals surface area contributed by atoms with Gasteiger partial charge < -0.3 is 9.47 Å². The molecule has 28 heavy (non-hydrogen) atoms. The molecule has 0 aliphatic rings. The van der Waals surface area contributed by atoms with Crippen molar-refractivity contribution in [3.8, 4) is 0 Å². The molecule has 0 aromatic heterocycles. The lowest BCUT2D eigenvalue weighted by Crippen LogP contribution is -2.39. The first kappa shape index (κ1) is 21.1. The Hall–Kier alpha value is -3.22. The highest BCUT2D eigenvalue weighted by atomic mass is 19.1. The van der Waals surface area contributed by atoms with Crippen molar-refractivity contribution in [3.05, 3.63) is 65.0 Å². The van der Waals surface area contributed by atoms with Crippen LogP contribution in [0.3, 0.4) is 0 Å². The maximum atomic E-state index is 13.2. The SMILES string of the molecule is CCOC(=O)CN(C(=O)COC(=O)c1cc(C)cc(C)c1)c1ccc(F)cc1. The van der Waals surface area contributed by atoms with Gasteiger partial charge in [-0.05, 0) is 57.2 Å². The van der Waals surface area contributed by atoms with Crippen molar-refractivity contribution in [1.29, 1.82) is 0 Å². The summed E-state index contributed by atoms with van der Waals surface area (Å²) < 4.78 is 23.2. The monoisotopic (exact) mass is 387 g/mol. The summed E-state index contributed by atoms with van der Waals surface area (Å²) in [4.78, 5) is 37.8. The molecule has 0 spiro atoms. The lowest BCUT2D eigenvalue weighted by atomic mass is 10.1. The van der Waals surface area contributed by atoms with Crippen LogP contribution < -0.4 is 4.90 Å². The molecule has 0 saturated heterocycles. The molecule has 0 N–H and O–H groups in total. The first-order valence-corrected chi connectivity index (χ1v) is 8.77. The molecule has 2 aromatic rings. The van der Waals surface area contributed by atoms with Gasteiger partial charge in [0.2, 0.25) is 0 Å². The number of rotatable bonds is 7. The summed E-state index contributed by atoms with van der Waals surface area (Å²) in [6.45, 7) is 4.57. The van der Waals surface area contributed by atoms with Gasteiger partial charge in [0.25, 0.3) is 5.91 Å². The van der Waals surface area contributed by atoms with E-state index in [4.69, 9.17) is 9.47 Å². The highest BCUT2D eigenvalue weighted by Crippen LogP contribution is 2.16. The highest BCUT2D eigenvalue weighted by molar-refractivity contribution is 6.00. The third-order valence-electron chi connectivity index (χ3n) is 3.82. The number of halogens is 1. The van der Waals surface area contributed by atoms with Gasteiger partial charge in [0.1, 0.15) is 12.4 Å². The number of benzene rings is 2. The molecular weight excluding hydrogens is 365 g/mol. The minimum Gasteiger partial charge on any atom is -0.465 e. The Morgan fingerprint density at radius 3 is 2.14 bits per heavy atom. The number of ether oxygens (including phenoxy) is 2. The molecule has 0 fully saturated rings. The zero-order valence-corrected chi connectivity index (χ0v) is 16.0. The van der Waals surface area contributed by atoms with Gasteiger partial charge in [-0.1, -0.05) is 17.2 Å². The Balaban J connectivity index is 2.11. The van der Waals surface area contributed by atoms with Gasteiger partial charge in [0.15, 0.2) is 6.61 Å². The molecule has 1 amide bonds. The van der Waals surface area contributed by atoms with Crippen molar-refractivity contribution in [1.82, 2.24) is 0 Å². The number of hydrogen-bond donors (Lipinski definition) is 0. The number of esters is 2. The average molecular weight is 387 g/mol. The Bertz CT molecular complexity index is 843. The molecule has 0 aliphatic heterocycles. The minimum atomic E-state index is -0.643. The van der Waals surface area contributed by atoms with Gasteiger partial charge in [-0.3, -0.25) is 14.5 Å². The summed E-state index contributed by atoms with van der Waals surface area (Å²) in [5, 5.41) is 0. The number of carbonyl (C=O) groups excluding carboxylic acids is 3. The topological polar surface area (TPSA) is 72.9 Å². The largest absolute Gasteiger partial charge is 0.465 e. The molecule has 7 heteroatoms. The second-order valence-electron chi connectivity index (χ2n) is 6.21. The fraction of sp³-hybridized carbons (Fsp3) is 0.286. The van der Waals surface area contributed by atoms with E-state index in [9.17, 15) is 18.8 Å². The first-order chi connectivity index (χ1) is 13.3. The van der Waals surface area contributed by atoms with Gasteiger partial charge in [0, 0.05) is 5.69 Å². The molecule has 0 saturated carbocycles. The molecule has 0 bridgehead atoms. The Kier molecular flexibility index (Phi) is 7.26. The molecule has 0 heterocycles. The van der Waals surface area contributed by atoms with Crippen LogP contribution in [-0.4, -0.2) is 37.6 Å². The molecule has 0 aliphatic carbocycles.